The molecular weight excluding hydrogens is 320 g/mol. The number of likely N-dealkylation sites (tertiary alicyclic amines) is 1. The molecule has 0 saturated carbocycles. The predicted octanol–water partition coefficient (Wildman–Crippen LogP) is 1.14. The number of carbonyl (C=O) groups excluding carboxylic acids is 1. The van der Waals surface area contributed by atoms with Crippen LogP contribution < -0.4 is 5.56 Å². The zero-order chi connectivity index (χ0) is 17.4. The van der Waals surface area contributed by atoms with Crippen molar-refractivity contribution in [1.82, 2.24) is 29.5 Å². The maximum atomic E-state index is 12.7. The number of nitrogens with one attached hydrogen (secondary N) is 1. The van der Waals surface area contributed by atoms with E-state index in [1.807, 2.05) is 28.8 Å². The Morgan fingerprint density at radius 2 is 2.20 bits per heavy atom. The zero-order valence-electron chi connectivity index (χ0n) is 13.8. The van der Waals surface area contributed by atoms with Gasteiger partial charge >= 0.3 is 0 Å². The lowest BCUT2D eigenvalue weighted by atomic mass is 9.96. The molecule has 4 rings (SSSR count). The van der Waals surface area contributed by atoms with Crippen LogP contribution in [0.5, 0.6) is 0 Å². The summed E-state index contributed by atoms with van der Waals surface area (Å²) in [6.45, 7) is 2.82. The quantitative estimate of drug-likeness (QED) is 0.756. The number of aromatic amines is 1. The molecule has 1 atom stereocenters. The average Bonchev–Trinajstić information content (AvgIpc) is 3.05. The molecule has 25 heavy (non-hydrogen) atoms. The van der Waals surface area contributed by atoms with Crippen LogP contribution in [0.1, 0.15) is 40.8 Å². The topological polar surface area (TPSA) is 96.2 Å². The van der Waals surface area contributed by atoms with E-state index in [4.69, 9.17) is 0 Å². The average molecular weight is 338 g/mol. The van der Waals surface area contributed by atoms with E-state index in [1.54, 1.807) is 11.8 Å². The second-order valence-corrected chi connectivity index (χ2v) is 6.29. The second-order valence-electron chi connectivity index (χ2n) is 6.29. The van der Waals surface area contributed by atoms with E-state index >= 15 is 0 Å². The van der Waals surface area contributed by atoms with Gasteiger partial charge in [0.15, 0.2) is 5.65 Å². The Kier molecular flexibility index (Phi) is 3.79. The minimum atomic E-state index is -0.396. The van der Waals surface area contributed by atoms with Gasteiger partial charge in [-0.1, -0.05) is 6.07 Å². The Balaban J connectivity index is 1.60. The second kappa shape index (κ2) is 6.12. The lowest BCUT2D eigenvalue weighted by molar-refractivity contribution is 0.0702. The molecule has 1 fully saturated rings. The molecule has 3 aromatic rings. The number of carbonyl (C=O) groups is 1. The van der Waals surface area contributed by atoms with Crippen LogP contribution in [0.4, 0.5) is 0 Å². The number of piperidine rings is 1. The number of aromatic nitrogens is 5. The van der Waals surface area contributed by atoms with Crippen molar-refractivity contribution in [3.05, 3.63) is 58.2 Å². The highest BCUT2D eigenvalue weighted by molar-refractivity contribution is 5.93. The van der Waals surface area contributed by atoms with E-state index in [0.29, 0.717) is 18.9 Å². The number of pyridine rings is 1. The first-order valence-electron chi connectivity index (χ1n) is 8.28. The highest BCUT2D eigenvalue weighted by Gasteiger charge is 2.29. The third-order valence-electron chi connectivity index (χ3n) is 4.57. The monoisotopic (exact) mass is 338 g/mol. The summed E-state index contributed by atoms with van der Waals surface area (Å²) in [5, 5.41) is 8.50. The zero-order valence-corrected chi connectivity index (χ0v) is 13.8. The van der Waals surface area contributed by atoms with Crippen molar-refractivity contribution in [2.75, 3.05) is 13.1 Å². The Bertz CT molecular complexity index is 992. The third kappa shape index (κ3) is 2.79. The number of rotatable bonds is 2. The van der Waals surface area contributed by atoms with Gasteiger partial charge in [-0.05, 0) is 31.9 Å². The number of hydrogen-bond donors (Lipinski definition) is 1. The molecule has 0 radical (unpaired) electrons. The molecule has 128 valence electrons. The number of fused-ring (bicyclic) bond motifs is 1. The van der Waals surface area contributed by atoms with E-state index in [9.17, 15) is 9.59 Å². The molecule has 0 unspecified atom stereocenters. The minimum Gasteiger partial charge on any atom is -0.338 e. The first-order chi connectivity index (χ1) is 12.1. The first kappa shape index (κ1) is 15.5. The summed E-state index contributed by atoms with van der Waals surface area (Å²) in [6, 6.07) is 5.75. The van der Waals surface area contributed by atoms with Crippen molar-refractivity contribution < 1.29 is 4.79 Å². The fourth-order valence-corrected chi connectivity index (χ4v) is 3.32. The predicted molar refractivity (Wildman–Crippen MR) is 90.5 cm³/mol. The van der Waals surface area contributed by atoms with Gasteiger partial charge in [0.2, 0.25) is 0 Å². The van der Waals surface area contributed by atoms with E-state index in [0.717, 1.165) is 24.3 Å². The number of nitrogens with zero attached hydrogens (tertiary/aromatic N) is 5. The van der Waals surface area contributed by atoms with Gasteiger partial charge < -0.3 is 9.88 Å². The Labute approximate surface area is 143 Å². The number of hydrogen-bond acceptors (Lipinski definition) is 5. The van der Waals surface area contributed by atoms with Crippen LogP contribution in [0.2, 0.25) is 0 Å². The van der Waals surface area contributed by atoms with Crippen molar-refractivity contribution >= 4 is 11.6 Å². The molecule has 0 aromatic carbocycles. The van der Waals surface area contributed by atoms with Crippen molar-refractivity contribution in [1.29, 1.82) is 0 Å². The van der Waals surface area contributed by atoms with Crippen molar-refractivity contribution in [3.8, 4) is 0 Å². The molecule has 8 heteroatoms. The molecule has 4 heterocycles. The fraction of sp³-hybridized carbons (Fsp3) is 0.353. The Morgan fingerprint density at radius 3 is 3.04 bits per heavy atom. The molecular formula is C17H18N6O2. The first-order valence-corrected chi connectivity index (χ1v) is 8.28. The van der Waals surface area contributed by atoms with Crippen LogP contribution >= 0.6 is 0 Å². The maximum absolute atomic E-state index is 12.7. The van der Waals surface area contributed by atoms with Crippen molar-refractivity contribution in [3.63, 3.8) is 0 Å². The smallest absolute Gasteiger partial charge is 0.263 e. The molecule has 8 nitrogen and oxygen atoms in total. The lowest BCUT2D eigenvalue weighted by Crippen LogP contribution is -2.41. The molecule has 3 aromatic heterocycles. The molecule has 1 saturated heterocycles. The SMILES string of the molecule is Cc1ncc(C(=O)N2CCC[C@H](c3nnc4ccccn34)C2)c(=O)[nH]1. The Hall–Kier alpha value is -3.03. The van der Waals surface area contributed by atoms with Crippen molar-refractivity contribution in [2.24, 2.45) is 0 Å². The van der Waals surface area contributed by atoms with E-state index in [1.165, 1.54) is 6.20 Å². The largest absolute Gasteiger partial charge is 0.338 e. The van der Waals surface area contributed by atoms with Crippen LogP contribution in [0.15, 0.2) is 35.4 Å². The number of aryl methyl sites for hydroxylation is 1. The van der Waals surface area contributed by atoms with Gasteiger partial charge in [-0.25, -0.2) is 4.98 Å². The van der Waals surface area contributed by atoms with Gasteiger partial charge in [0.25, 0.3) is 11.5 Å². The van der Waals surface area contributed by atoms with E-state index in [-0.39, 0.29) is 17.4 Å². The summed E-state index contributed by atoms with van der Waals surface area (Å²) >= 11 is 0. The van der Waals surface area contributed by atoms with Gasteiger partial charge in [-0.2, -0.15) is 0 Å². The fourth-order valence-electron chi connectivity index (χ4n) is 3.32. The van der Waals surface area contributed by atoms with E-state index < -0.39 is 5.56 Å². The summed E-state index contributed by atoms with van der Waals surface area (Å²) in [4.78, 5) is 33.1. The third-order valence-corrected chi connectivity index (χ3v) is 4.57. The van der Waals surface area contributed by atoms with Crippen LogP contribution in [-0.4, -0.2) is 48.5 Å². The highest BCUT2D eigenvalue weighted by atomic mass is 16.2. The number of amides is 1. The summed E-state index contributed by atoms with van der Waals surface area (Å²) in [6.07, 6.45) is 5.07. The minimum absolute atomic E-state index is 0.0809. The summed E-state index contributed by atoms with van der Waals surface area (Å²) < 4.78 is 1.96. The van der Waals surface area contributed by atoms with Crippen LogP contribution in [0, 0.1) is 6.92 Å². The standard InChI is InChI=1S/C17H18N6O2/c1-11-18-9-13(16(24)19-11)17(25)22-7-4-5-12(10-22)15-21-20-14-6-2-3-8-23(14)15/h2-3,6,8-9,12H,4-5,7,10H2,1H3,(H,18,19,24)/t12-/m0/s1. The lowest BCUT2D eigenvalue weighted by Gasteiger charge is -2.31. The Morgan fingerprint density at radius 1 is 1.32 bits per heavy atom. The van der Waals surface area contributed by atoms with Gasteiger partial charge in [0, 0.05) is 31.4 Å². The van der Waals surface area contributed by atoms with Crippen LogP contribution in [0.25, 0.3) is 5.65 Å². The maximum Gasteiger partial charge on any atom is 0.263 e. The normalized spacial score (nSPS) is 17.8. The molecule has 0 aliphatic carbocycles. The van der Waals surface area contributed by atoms with Gasteiger partial charge in [0.1, 0.15) is 17.2 Å². The highest BCUT2D eigenvalue weighted by Crippen LogP contribution is 2.26. The van der Waals surface area contributed by atoms with Gasteiger partial charge in [-0.15, -0.1) is 10.2 Å². The van der Waals surface area contributed by atoms with Crippen LogP contribution in [-0.2, 0) is 0 Å². The van der Waals surface area contributed by atoms with Crippen molar-refractivity contribution in [2.45, 2.75) is 25.7 Å². The van der Waals surface area contributed by atoms with Gasteiger partial charge in [0.05, 0.1) is 0 Å². The summed E-state index contributed by atoms with van der Waals surface area (Å²) in [5.41, 5.74) is 0.477. The molecule has 1 aliphatic heterocycles. The summed E-state index contributed by atoms with van der Waals surface area (Å²) in [5.74, 6) is 1.15. The summed E-state index contributed by atoms with van der Waals surface area (Å²) in [7, 11) is 0. The molecule has 1 amide bonds. The number of H-pyrrole nitrogens is 1. The molecule has 1 aliphatic rings. The van der Waals surface area contributed by atoms with E-state index in [2.05, 4.69) is 20.2 Å². The molecule has 1 N–H and O–H groups in total. The molecule has 0 bridgehead atoms. The van der Waals surface area contributed by atoms with Crippen LogP contribution in [0.3, 0.4) is 0 Å². The molecule has 0 spiro atoms. The van der Waals surface area contributed by atoms with Gasteiger partial charge in [-0.3, -0.25) is 14.0 Å².